The van der Waals surface area contributed by atoms with Gasteiger partial charge in [0.1, 0.15) is 11.9 Å². The van der Waals surface area contributed by atoms with Crippen LogP contribution in [0, 0.1) is 11.7 Å². The molecular weight excluding hydrogens is 379 g/mol. The van der Waals surface area contributed by atoms with Crippen molar-refractivity contribution in [3.05, 3.63) is 77.7 Å². The van der Waals surface area contributed by atoms with E-state index < -0.39 is 0 Å². The van der Waals surface area contributed by atoms with Crippen molar-refractivity contribution >= 4 is 16.8 Å². The Labute approximate surface area is 175 Å². The Kier molecular flexibility index (Phi) is 5.21. The number of fused-ring (bicyclic) bond motifs is 1. The fourth-order valence-corrected chi connectivity index (χ4v) is 4.37. The summed E-state index contributed by atoms with van der Waals surface area (Å²) >= 11 is 0. The molecule has 0 unspecified atom stereocenters. The van der Waals surface area contributed by atoms with E-state index in [1.165, 1.54) is 25.0 Å². The van der Waals surface area contributed by atoms with Gasteiger partial charge >= 0.3 is 0 Å². The summed E-state index contributed by atoms with van der Waals surface area (Å²) in [5, 5.41) is 1.03. The first-order valence-electron chi connectivity index (χ1n) is 10.7. The molecule has 154 valence electrons. The highest BCUT2D eigenvalue weighted by molar-refractivity contribution is 5.84. The Morgan fingerprint density at radius 3 is 2.63 bits per heavy atom. The molecule has 1 aliphatic heterocycles. The lowest BCUT2D eigenvalue weighted by atomic mass is 9.92. The fourth-order valence-electron chi connectivity index (χ4n) is 4.37. The zero-order valence-electron chi connectivity index (χ0n) is 16.8. The summed E-state index contributed by atoms with van der Waals surface area (Å²) in [6.07, 6.45) is 5.16. The van der Waals surface area contributed by atoms with Gasteiger partial charge in [-0.05, 0) is 48.9 Å². The van der Waals surface area contributed by atoms with Crippen LogP contribution < -0.4 is 0 Å². The van der Waals surface area contributed by atoms with Gasteiger partial charge in [0.2, 0.25) is 5.91 Å². The minimum absolute atomic E-state index is 0.134. The second kappa shape index (κ2) is 8.15. The number of aromatic nitrogens is 1. The molecule has 4 nitrogen and oxygen atoms in total. The molecule has 5 rings (SSSR count). The molecule has 30 heavy (non-hydrogen) atoms. The molecule has 2 heterocycles. The van der Waals surface area contributed by atoms with Crippen molar-refractivity contribution in [1.29, 1.82) is 0 Å². The van der Waals surface area contributed by atoms with Crippen molar-refractivity contribution < 1.29 is 13.9 Å². The van der Waals surface area contributed by atoms with Gasteiger partial charge in [0.25, 0.3) is 0 Å². The van der Waals surface area contributed by atoms with Gasteiger partial charge in [-0.15, -0.1) is 0 Å². The molecular formula is C25H25FN2O2. The average molecular weight is 404 g/mol. The molecule has 0 bridgehead atoms. The van der Waals surface area contributed by atoms with Gasteiger partial charge in [-0.1, -0.05) is 36.4 Å². The number of nitrogens with zero attached hydrogens (tertiary/aromatic N) is 2. The number of carbonyl (C=O) groups is 1. The molecule has 2 aliphatic rings. The highest BCUT2D eigenvalue weighted by atomic mass is 19.1. The lowest BCUT2D eigenvalue weighted by Crippen LogP contribution is -2.35. The molecule has 1 saturated carbocycles. The first-order valence-corrected chi connectivity index (χ1v) is 10.7. The number of para-hydroxylation sites is 1. The maximum Gasteiger partial charge on any atom is 0.223 e. The number of hydrogen-bond donors (Lipinski definition) is 0. The molecule has 1 saturated heterocycles. The minimum Gasteiger partial charge on any atom is -0.371 e. The molecule has 2 atom stereocenters. The van der Waals surface area contributed by atoms with E-state index in [1.54, 1.807) is 18.3 Å². The summed E-state index contributed by atoms with van der Waals surface area (Å²) in [6, 6.07) is 16.2. The predicted molar refractivity (Wildman–Crippen MR) is 113 cm³/mol. The second-order valence-corrected chi connectivity index (χ2v) is 8.31. The lowest BCUT2D eigenvalue weighted by Gasteiger charge is -2.35. The fraction of sp³-hybridized carbons (Fsp3) is 0.360. The van der Waals surface area contributed by atoms with Crippen LogP contribution in [-0.2, 0) is 9.53 Å². The molecule has 1 aliphatic carbocycles. The summed E-state index contributed by atoms with van der Waals surface area (Å²) in [5.74, 6) is 0.434. The quantitative estimate of drug-likeness (QED) is 0.543. The Morgan fingerprint density at radius 1 is 1.10 bits per heavy atom. The van der Waals surface area contributed by atoms with E-state index in [-0.39, 0.29) is 23.9 Å². The third-order valence-corrected chi connectivity index (χ3v) is 6.12. The standard InChI is InChI=1S/C25H25FN2O2/c26-20-12-10-19(11-13-20)25(30-16-17-8-9-17)24(28-15-3-7-22(28)29)21-6-1-4-18-5-2-14-27-23(18)21/h1-2,4-6,10-14,17,24-25H,3,7-9,15-16H2/t24-,25+/m0/s1. The van der Waals surface area contributed by atoms with E-state index >= 15 is 0 Å². The third kappa shape index (κ3) is 3.82. The summed E-state index contributed by atoms with van der Waals surface area (Å²) in [7, 11) is 0. The van der Waals surface area contributed by atoms with E-state index in [1.807, 2.05) is 35.2 Å². The van der Waals surface area contributed by atoms with Gasteiger partial charge in [0, 0.05) is 30.1 Å². The van der Waals surface area contributed by atoms with E-state index in [0.29, 0.717) is 25.5 Å². The molecule has 5 heteroatoms. The van der Waals surface area contributed by atoms with E-state index in [0.717, 1.165) is 28.5 Å². The van der Waals surface area contributed by atoms with Crippen molar-refractivity contribution in [3.63, 3.8) is 0 Å². The van der Waals surface area contributed by atoms with Gasteiger partial charge in [-0.2, -0.15) is 0 Å². The Bertz CT molecular complexity index is 1040. The number of pyridine rings is 1. The first-order chi connectivity index (χ1) is 14.7. The van der Waals surface area contributed by atoms with Gasteiger partial charge in [0.05, 0.1) is 18.2 Å². The van der Waals surface area contributed by atoms with Gasteiger partial charge in [-0.25, -0.2) is 4.39 Å². The summed E-state index contributed by atoms with van der Waals surface area (Å²) in [5.41, 5.74) is 2.75. The normalized spacial score (nSPS) is 18.7. The van der Waals surface area contributed by atoms with Gasteiger partial charge < -0.3 is 9.64 Å². The Morgan fingerprint density at radius 2 is 1.90 bits per heavy atom. The van der Waals surface area contributed by atoms with E-state index in [9.17, 15) is 9.18 Å². The number of benzene rings is 2. The van der Waals surface area contributed by atoms with Crippen LogP contribution in [0.25, 0.3) is 10.9 Å². The molecule has 2 aromatic carbocycles. The topological polar surface area (TPSA) is 42.4 Å². The van der Waals surface area contributed by atoms with Crippen molar-refractivity contribution in [1.82, 2.24) is 9.88 Å². The van der Waals surface area contributed by atoms with Crippen molar-refractivity contribution in [2.24, 2.45) is 5.92 Å². The molecule has 2 fully saturated rings. The van der Waals surface area contributed by atoms with Crippen molar-refractivity contribution in [2.45, 2.75) is 37.8 Å². The van der Waals surface area contributed by atoms with Crippen molar-refractivity contribution in [2.75, 3.05) is 13.2 Å². The highest BCUT2D eigenvalue weighted by Gasteiger charge is 2.38. The SMILES string of the molecule is O=C1CCCN1[C@@H](c1cccc2cccnc12)[C@H](OCC1CC1)c1ccc(F)cc1. The van der Waals surface area contributed by atoms with Crippen LogP contribution in [0.15, 0.2) is 60.8 Å². The van der Waals surface area contributed by atoms with Crippen molar-refractivity contribution in [3.8, 4) is 0 Å². The van der Waals surface area contributed by atoms with Crippen LogP contribution >= 0.6 is 0 Å². The molecule has 0 radical (unpaired) electrons. The van der Waals surface area contributed by atoms with Crippen LogP contribution in [0.1, 0.15) is 49.0 Å². The smallest absolute Gasteiger partial charge is 0.223 e. The van der Waals surface area contributed by atoms with Crippen LogP contribution in [-0.4, -0.2) is 28.9 Å². The number of likely N-dealkylation sites (tertiary alicyclic amines) is 1. The number of hydrogen-bond acceptors (Lipinski definition) is 3. The van der Waals surface area contributed by atoms with Crippen LogP contribution in [0.4, 0.5) is 4.39 Å². The predicted octanol–water partition coefficient (Wildman–Crippen LogP) is 5.21. The molecule has 0 N–H and O–H groups in total. The largest absolute Gasteiger partial charge is 0.371 e. The maximum absolute atomic E-state index is 13.7. The van der Waals surface area contributed by atoms with E-state index in [2.05, 4.69) is 4.98 Å². The molecule has 0 spiro atoms. The molecule has 1 amide bonds. The van der Waals surface area contributed by atoms with Crippen LogP contribution in [0.2, 0.25) is 0 Å². The van der Waals surface area contributed by atoms with E-state index in [4.69, 9.17) is 4.74 Å². The van der Waals surface area contributed by atoms with Gasteiger partial charge in [0.15, 0.2) is 0 Å². The van der Waals surface area contributed by atoms with Gasteiger partial charge in [-0.3, -0.25) is 9.78 Å². The third-order valence-electron chi connectivity index (χ3n) is 6.12. The monoisotopic (exact) mass is 404 g/mol. The zero-order chi connectivity index (χ0) is 20.5. The summed E-state index contributed by atoms with van der Waals surface area (Å²) in [4.78, 5) is 19.4. The number of halogens is 1. The summed E-state index contributed by atoms with van der Waals surface area (Å²) in [6.45, 7) is 1.34. The Hall–Kier alpha value is -2.79. The highest BCUT2D eigenvalue weighted by Crippen LogP contribution is 2.42. The Balaban J connectivity index is 1.64. The first kappa shape index (κ1) is 19.2. The van der Waals surface area contributed by atoms with Crippen LogP contribution in [0.3, 0.4) is 0 Å². The maximum atomic E-state index is 13.7. The number of ether oxygens (including phenoxy) is 1. The average Bonchev–Trinajstić information content (AvgIpc) is 3.51. The number of rotatable bonds is 7. The van der Waals surface area contributed by atoms with Crippen LogP contribution in [0.5, 0.6) is 0 Å². The second-order valence-electron chi connectivity index (χ2n) is 8.31. The lowest BCUT2D eigenvalue weighted by molar-refractivity contribution is -0.133. The number of carbonyl (C=O) groups excluding carboxylic acids is 1. The molecule has 3 aromatic rings. The summed E-state index contributed by atoms with van der Waals surface area (Å²) < 4.78 is 20.1. The minimum atomic E-state index is -0.374. The molecule has 1 aromatic heterocycles. The zero-order valence-corrected chi connectivity index (χ0v) is 16.8. The number of amides is 1.